The van der Waals surface area contributed by atoms with Crippen molar-refractivity contribution in [3.63, 3.8) is 0 Å². The molecule has 0 aromatic heterocycles. The van der Waals surface area contributed by atoms with E-state index in [-0.39, 0.29) is 23.9 Å². The molecule has 0 rings (SSSR count). The van der Waals surface area contributed by atoms with Gasteiger partial charge in [-0.15, -0.1) is 0 Å². The van der Waals surface area contributed by atoms with Crippen LogP contribution in [-0.4, -0.2) is 152 Å². The van der Waals surface area contributed by atoms with Gasteiger partial charge in [-0.05, 0) is 0 Å². The fourth-order valence-corrected chi connectivity index (χ4v) is 0. The number of rotatable bonds is 3. The predicted molar refractivity (Wildman–Crippen MR) is 62.1 cm³/mol. The van der Waals surface area contributed by atoms with E-state index in [4.69, 9.17) is 91.9 Å². The maximum Gasteiger partial charge on any atom is 0.362 e. The molecule has 19 heteroatoms. The minimum atomic E-state index is -3.90. The van der Waals surface area contributed by atoms with Gasteiger partial charge >= 0.3 is 35.8 Å². The molecule has 18 nitrogen and oxygen atoms in total. The Bertz CT molecular complexity index is 248. The number of hydrogen-bond acceptors (Lipinski definition) is 18. The Morgan fingerprint density at radius 3 is 0.240 bits per heavy atom. The van der Waals surface area contributed by atoms with Crippen LogP contribution in [0.1, 0.15) is 0 Å². The fraction of sp³-hybridized carbons (Fsp3) is 1.00. The fourth-order valence-electron chi connectivity index (χ4n) is 0. The first-order valence-electron chi connectivity index (χ1n) is 4.77. The Labute approximate surface area is 152 Å². The third-order valence-electron chi connectivity index (χ3n) is 1.35. The zero-order valence-corrected chi connectivity index (χ0v) is 14.4. The van der Waals surface area contributed by atoms with Gasteiger partial charge in [0.1, 0.15) is 0 Å². The van der Waals surface area contributed by atoms with Crippen molar-refractivity contribution in [3.8, 4) is 0 Å². The zero-order chi connectivity index (χ0) is 21.0. The third kappa shape index (κ3) is 16.0. The van der Waals surface area contributed by atoms with Crippen molar-refractivity contribution in [3.05, 3.63) is 0 Å². The van der Waals surface area contributed by atoms with Crippen LogP contribution < -0.4 is 0 Å². The van der Waals surface area contributed by atoms with Crippen LogP contribution in [0.3, 0.4) is 0 Å². The molecular weight excluding hydrogens is 479 g/mol. The van der Waals surface area contributed by atoms with Crippen molar-refractivity contribution in [2.75, 3.05) is 0 Å². The van der Waals surface area contributed by atoms with E-state index in [1.165, 1.54) is 0 Å². The van der Waals surface area contributed by atoms with Gasteiger partial charge in [-0.3, -0.25) is 0 Å². The second-order valence-electron chi connectivity index (χ2n) is 3.81. The van der Waals surface area contributed by atoms with Crippen LogP contribution in [-0.2, 0) is 0 Å². The predicted octanol–water partition coefficient (Wildman–Crippen LogP) is -11.6. The summed E-state index contributed by atoms with van der Waals surface area (Å²) in [7, 11) is 0. The molecule has 4 radical (unpaired) electrons. The van der Waals surface area contributed by atoms with E-state index >= 15 is 0 Å². The molecule has 0 aromatic rings. The average molecular weight is 497 g/mol. The van der Waals surface area contributed by atoms with Crippen molar-refractivity contribution in [1.82, 2.24) is 0 Å². The first-order valence-corrected chi connectivity index (χ1v) is 4.77. The summed E-state index contributed by atoms with van der Waals surface area (Å²) in [5.41, 5.74) is 0. The van der Waals surface area contributed by atoms with Gasteiger partial charge in [0.05, 0.1) is 0 Å². The van der Waals surface area contributed by atoms with Crippen LogP contribution in [0.5, 0.6) is 0 Å². The summed E-state index contributed by atoms with van der Waals surface area (Å²) in [6, 6.07) is 0. The van der Waals surface area contributed by atoms with Gasteiger partial charge in [-0.1, -0.05) is 0 Å². The van der Waals surface area contributed by atoms with E-state index in [1.54, 1.807) is 0 Å². The monoisotopic (exact) mass is 498 g/mol. The molecule has 0 atom stereocenters. The van der Waals surface area contributed by atoms with Gasteiger partial charge < -0.3 is 91.9 Å². The van der Waals surface area contributed by atoms with Crippen molar-refractivity contribution in [1.29, 1.82) is 0 Å². The molecule has 0 aromatic carbocycles. The van der Waals surface area contributed by atoms with E-state index in [9.17, 15) is 0 Å². The molecule has 0 spiro atoms. The summed E-state index contributed by atoms with van der Waals surface area (Å²) >= 11 is 0. The Morgan fingerprint density at radius 2 is 0.240 bits per heavy atom. The summed E-state index contributed by atoms with van der Waals surface area (Å²) in [5.74, 6) is -23.4. The molecule has 154 valence electrons. The molecule has 0 unspecified atom stereocenters. The molecule has 0 fully saturated rings. The Kier molecular flexibility index (Phi) is 12.9. The second kappa shape index (κ2) is 9.85. The number of aliphatic hydroxyl groups is 18. The Morgan fingerprint density at radius 1 is 0.200 bits per heavy atom. The molecular formula is C6H18O18Sn. The van der Waals surface area contributed by atoms with Gasteiger partial charge in [0.2, 0.25) is 0 Å². The van der Waals surface area contributed by atoms with Crippen molar-refractivity contribution in [2.45, 2.75) is 35.8 Å². The van der Waals surface area contributed by atoms with Gasteiger partial charge in [0.25, 0.3) is 0 Å². The molecule has 0 bridgehead atoms. The minimum Gasteiger partial charge on any atom is -0.337 e. The van der Waals surface area contributed by atoms with Crippen molar-refractivity contribution >= 4 is 23.9 Å². The van der Waals surface area contributed by atoms with Gasteiger partial charge in [-0.2, -0.15) is 0 Å². The van der Waals surface area contributed by atoms with E-state index in [2.05, 4.69) is 0 Å². The maximum absolute atomic E-state index is 7.72. The molecule has 0 saturated carbocycles. The normalized spacial score (nSPS) is 13.7. The molecule has 0 saturated heterocycles. The van der Waals surface area contributed by atoms with E-state index in [0.717, 1.165) is 0 Å². The second-order valence-corrected chi connectivity index (χ2v) is 3.81. The summed E-state index contributed by atoms with van der Waals surface area (Å²) in [4.78, 5) is 0. The molecule has 0 amide bonds. The van der Waals surface area contributed by atoms with E-state index in [1.807, 2.05) is 0 Å². The summed E-state index contributed by atoms with van der Waals surface area (Å²) < 4.78 is 0. The van der Waals surface area contributed by atoms with Crippen molar-refractivity contribution < 1.29 is 91.9 Å². The van der Waals surface area contributed by atoms with Crippen molar-refractivity contribution in [2.24, 2.45) is 0 Å². The quantitative estimate of drug-likeness (QED) is 0.127. The van der Waals surface area contributed by atoms with Crippen LogP contribution in [0.4, 0.5) is 0 Å². The molecule has 18 N–H and O–H groups in total. The molecule has 0 aliphatic carbocycles. The van der Waals surface area contributed by atoms with Crippen LogP contribution in [0, 0.1) is 0 Å². The average Bonchev–Trinajstić information content (AvgIpc) is 2.08. The standard InChI is InChI=1S/3C2H6O6.Sn/c3*3-1(4,5)2(6,7)8;/h3*3-8H;. The van der Waals surface area contributed by atoms with Crippen LogP contribution in [0.25, 0.3) is 0 Å². The smallest absolute Gasteiger partial charge is 0.337 e. The first kappa shape index (κ1) is 32.7. The Hall–Kier alpha value is 0.0787. The van der Waals surface area contributed by atoms with E-state index in [0.29, 0.717) is 0 Å². The SMILES string of the molecule is OC(O)(O)C(O)(O)O.OC(O)(O)C(O)(O)O.OC(O)(O)C(O)(O)O.[Sn]. The van der Waals surface area contributed by atoms with E-state index < -0.39 is 35.8 Å². The molecule has 0 heterocycles. The topological polar surface area (TPSA) is 364 Å². The summed E-state index contributed by atoms with van der Waals surface area (Å²) in [6.45, 7) is 0. The zero-order valence-electron chi connectivity index (χ0n) is 11.5. The molecule has 0 aliphatic rings. The molecule has 25 heavy (non-hydrogen) atoms. The minimum absolute atomic E-state index is 0. The van der Waals surface area contributed by atoms with Crippen LogP contribution in [0.2, 0.25) is 0 Å². The first-order chi connectivity index (χ1) is 9.75. The Balaban J connectivity index is -0.000000130. The maximum atomic E-state index is 7.72. The van der Waals surface area contributed by atoms with Gasteiger partial charge in [-0.25, -0.2) is 0 Å². The number of hydrogen-bond donors (Lipinski definition) is 18. The van der Waals surface area contributed by atoms with Crippen LogP contribution >= 0.6 is 0 Å². The largest absolute Gasteiger partial charge is 0.362 e. The van der Waals surface area contributed by atoms with Gasteiger partial charge in [0.15, 0.2) is 0 Å². The molecule has 0 aliphatic heterocycles. The third-order valence-corrected chi connectivity index (χ3v) is 1.35. The summed E-state index contributed by atoms with van der Waals surface area (Å²) in [5, 5.41) is 139. The summed E-state index contributed by atoms with van der Waals surface area (Å²) in [6.07, 6.45) is 0. The van der Waals surface area contributed by atoms with Gasteiger partial charge in [0, 0.05) is 23.9 Å². The van der Waals surface area contributed by atoms with Crippen LogP contribution in [0.15, 0.2) is 0 Å².